The quantitative estimate of drug-likeness (QED) is 0.357. The SMILES string of the molecule is O=C(O)CC(CNc1c(-c2c(Cl)cccc2Cl)n[nH]c(=O)c1Br)c1ccc(Cl)cc1. The van der Waals surface area contributed by atoms with Crippen LogP contribution in [0.3, 0.4) is 0 Å². The van der Waals surface area contributed by atoms with Gasteiger partial charge >= 0.3 is 5.97 Å². The molecule has 3 rings (SSSR count). The second-order valence-corrected chi connectivity index (χ2v) is 8.46. The number of carboxylic acid groups (broad SMARTS) is 1. The summed E-state index contributed by atoms with van der Waals surface area (Å²) in [4.78, 5) is 23.5. The predicted octanol–water partition coefficient (Wildman–Crippen LogP) is 5.83. The Morgan fingerprint density at radius 1 is 1.13 bits per heavy atom. The van der Waals surface area contributed by atoms with Crippen molar-refractivity contribution in [3.8, 4) is 11.3 Å². The average molecular weight is 532 g/mol. The lowest BCUT2D eigenvalue weighted by atomic mass is 9.95. The Bertz CT molecular complexity index is 1120. The molecule has 10 heteroatoms. The van der Waals surface area contributed by atoms with E-state index in [1.807, 2.05) is 0 Å². The monoisotopic (exact) mass is 529 g/mol. The van der Waals surface area contributed by atoms with Crippen LogP contribution in [-0.2, 0) is 4.79 Å². The maximum absolute atomic E-state index is 12.1. The highest BCUT2D eigenvalue weighted by Gasteiger charge is 2.21. The van der Waals surface area contributed by atoms with Crippen molar-refractivity contribution in [3.05, 3.63) is 77.9 Å². The minimum absolute atomic E-state index is 0.120. The molecule has 0 amide bonds. The maximum atomic E-state index is 12.1. The largest absolute Gasteiger partial charge is 0.481 e. The van der Waals surface area contributed by atoms with Gasteiger partial charge < -0.3 is 10.4 Å². The predicted molar refractivity (Wildman–Crippen MR) is 123 cm³/mol. The third-order valence-electron chi connectivity index (χ3n) is 4.41. The molecule has 1 heterocycles. The molecule has 0 aliphatic heterocycles. The summed E-state index contributed by atoms with van der Waals surface area (Å²) in [5, 5.41) is 20.3. The number of aromatic amines is 1. The Hall–Kier alpha value is -2.06. The van der Waals surface area contributed by atoms with Gasteiger partial charge in [0.2, 0.25) is 0 Å². The number of nitrogens with one attached hydrogen (secondary N) is 2. The Morgan fingerprint density at radius 3 is 2.37 bits per heavy atom. The number of carboxylic acids is 1. The van der Waals surface area contributed by atoms with Crippen LogP contribution in [0.2, 0.25) is 15.1 Å². The number of nitrogens with zero attached hydrogens (tertiary/aromatic N) is 1. The minimum Gasteiger partial charge on any atom is -0.481 e. The second kappa shape index (κ2) is 9.83. The van der Waals surface area contributed by atoms with Gasteiger partial charge in [0.25, 0.3) is 5.56 Å². The molecule has 6 nitrogen and oxygen atoms in total. The topological polar surface area (TPSA) is 95.1 Å². The first-order chi connectivity index (χ1) is 14.3. The van der Waals surface area contributed by atoms with Gasteiger partial charge in [-0.3, -0.25) is 9.59 Å². The molecular formula is C20H15BrCl3N3O3. The van der Waals surface area contributed by atoms with Gasteiger partial charge in [0.1, 0.15) is 10.2 Å². The van der Waals surface area contributed by atoms with Crippen LogP contribution in [0.1, 0.15) is 17.9 Å². The summed E-state index contributed by atoms with van der Waals surface area (Å²) >= 11 is 21.9. The summed E-state index contributed by atoms with van der Waals surface area (Å²) in [7, 11) is 0. The molecule has 0 bridgehead atoms. The Labute approximate surface area is 195 Å². The first kappa shape index (κ1) is 22.6. The molecule has 0 aliphatic rings. The molecule has 0 radical (unpaired) electrons. The van der Waals surface area contributed by atoms with E-state index in [0.717, 1.165) is 5.56 Å². The highest BCUT2D eigenvalue weighted by molar-refractivity contribution is 9.10. The number of benzene rings is 2. The van der Waals surface area contributed by atoms with Crippen LogP contribution in [0.4, 0.5) is 5.69 Å². The summed E-state index contributed by atoms with van der Waals surface area (Å²) in [5.74, 6) is -1.34. The smallest absolute Gasteiger partial charge is 0.304 e. The van der Waals surface area contributed by atoms with Gasteiger partial charge in [-0.25, -0.2) is 5.10 Å². The molecule has 3 aromatic rings. The number of rotatable bonds is 7. The standard InChI is InChI=1S/C20H15BrCl3N3O3/c21-17-19(18(26-27-20(17)30)16-13(23)2-1-3-14(16)24)25-9-11(8-15(28)29)10-4-6-12(22)7-5-10/h1-7,11H,8-9H2,(H,28,29)(H2,25,27,30). The Kier molecular flexibility index (Phi) is 7.41. The number of carbonyl (C=O) groups is 1. The molecule has 30 heavy (non-hydrogen) atoms. The van der Waals surface area contributed by atoms with Crippen LogP contribution >= 0.6 is 50.7 Å². The van der Waals surface area contributed by atoms with E-state index in [9.17, 15) is 14.7 Å². The van der Waals surface area contributed by atoms with Gasteiger partial charge in [-0.15, -0.1) is 0 Å². The van der Waals surface area contributed by atoms with Crippen LogP contribution in [0.5, 0.6) is 0 Å². The summed E-state index contributed by atoms with van der Waals surface area (Å²) in [6, 6.07) is 12.0. The number of H-pyrrole nitrogens is 1. The maximum Gasteiger partial charge on any atom is 0.304 e. The zero-order valence-electron chi connectivity index (χ0n) is 15.3. The highest BCUT2D eigenvalue weighted by Crippen LogP contribution is 2.39. The molecular weight excluding hydrogens is 517 g/mol. The fraction of sp³-hybridized carbons (Fsp3) is 0.150. The zero-order valence-corrected chi connectivity index (χ0v) is 19.1. The molecule has 3 N–H and O–H groups in total. The van der Waals surface area contributed by atoms with Crippen LogP contribution in [0.15, 0.2) is 51.7 Å². The number of anilines is 1. The van der Waals surface area contributed by atoms with Gasteiger partial charge in [-0.1, -0.05) is 53.0 Å². The Balaban J connectivity index is 2.00. The van der Waals surface area contributed by atoms with Crippen molar-refractivity contribution in [1.82, 2.24) is 10.2 Å². The van der Waals surface area contributed by atoms with Gasteiger partial charge in [-0.05, 0) is 45.8 Å². The van der Waals surface area contributed by atoms with E-state index in [-0.39, 0.29) is 23.4 Å². The number of halogens is 4. The summed E-state index contributed by atoms with van der Waals surface area (Å²) < 4.78 is 0.202. The van der Waals surface area contributed by atoms with Crippen LogP contribution < -0.4 is 10.9 Å². The third kappa shape index (κ3) is 5.16. The van der Waals surface area contributed by atoms with E-state index < -0.39 is 11.5 Å². The van der Waals surface area contributed by atoms with Crippen molar-refractivity contribution < 1.29 is 9.90 Å². The summed E-state index contributed by atoms with van der Waals surface area (Å²) in [6.07, 6.45) is -0.120. The van der Waals surface area contributed by atoms with Crippen molar-refractivity contribution in [2.24, 2.45) is 0 Å². The normalized spacial score (nSPS) is 11.9. The van der Waals surface area contributed by atoms with Gasteiger partial charge in [0.15, 0.2) is 0 Å². The molecule has 1 aromatic heterocycles. The van der Waals surface area contributed by atoms with Crippen molar-refractivity contribution in [1.29, 1.82) is 0 Å². The summed E-state index contributed by atoms with van der Waals surface area (Å²) in [5.41, 5.74) is 1.48. The first-order valence-electron chi connectivity index (χ1n) is 8.71. The van der Waals surface area contributed by atoms with Crippen LogP contribution in [0.25, 0.3) is 11.3 Å². The van der Waals surface area contributed by atoms with Crippen molar-refractivity contribution >= 4 is 62.4 Å². The molecule has 0 fully saturated rings. The molecule has 1 unspecified atom stereocenters. The van der Waals surface area contributed by atoms with Gasteiger partial charge in [-0.2, -0.15) is 5.10 Å². The van der Waals surface area contributed by atoms with Crippen LogP contribution in [0, 0.1) is 0 Å². The lowest BCUT2D eigenvalue weighted by molar-refractivity contribution is -0.137. The van der Waals surface area contributed by atoms with Crippen molar-refractivity contribution in [2.75, 3.05) is 11.9 Å². The molecule has 0 saturated heterocycles. The fourth-order valence-corrected chi connectivity index (χ4v) is 4.09. The lowest BCUT2D eigenvalue weighted by Gasteiger charge is -2.19. The van der Waals surface area contributed by atoms with Crippen LogP contribution in [-0.4, -0.2) is 27.8 Å². The zero-order chi connectivity index (χ0) is 21.8. The molecule has 1 atom stereocenters. The lowest BCUT2D eigenvalue weighted by Crippen LogP contribution is -2.20. The highest BCUT2D eigenvalue weighted by atomic mass is 79.9. The molecule has 0 aliphatic carbocycles. The molecule has 0 saturated carbocycles. The molecule has 156 valence electrons. The number of aromatic nitrogens is 2. The van der Waals surface area contributed by atoms with Crippen molar-refractivity contribution in [2.45, 2.75) is 12.3 Å². The van der Waals surface area contributed by atoms with E-state index >= 15 is 0 Å². The van der Waals surface area contributed by atoms with Gasteiger partial charge in [0.05, 0.1) is 22.2 Å². The van der Waals surface area contributed by atoms with E-state index in [4.69, 9.17) is 34.8 Å². The average Bonchev–Trinajstić information content (AvgIpc) is 2.69. The first-order valence-corrected chi connectivity index (χ1v) is 10.6. The Morgan fingerprint density at radius 2 is 1.77 bits per heavy atom. The van der Waals surface area contributed by atoms with Gasteiger partial charge in [0, 0.05) is 23.0 Å². The van der Waals surface area contributed by atoms with E-state index in [0.29, 0.717) is 32.0 Å². The number of hydrogen-bond donors (Lipinski definition) is 3. The van der Waals surface area contributed by atoms with Crippen molar-refractivity contribution in [3.63, 3.8) is 0 Å². The van der Waals surface area contributed by atoms with E-state index in [1.54, 1.807) is 42.5 Å². The molecule has 0 spiro atoms. The third-order valence-corrected chi connectivity index (χ3v) is 6.05. The molecule has 2 aromatic carbocycles. The van der Waals surface area contributed by atoms with E-state index in [2.05, 4.69) is 31.4 Å². The summed E-state index contributed by atoms with van der Waals surface area (Å²) in [6.45, 7) is 0.215. The van der Waals surface area contributed by atoms with E-state index in [1.165, 1.54) is 0 Å². The number of hydrogen-bond acceptors (Lipinski definition) is 4. The fourth-order valence-electron chi connectivity index (χ4n) is 2.97. The second-order valence-electron chi connectivity index (χ2n) is 6.41. The minimum atomic E-state index is -0.950. The number of aliphatic carboxylic acids is 1.